The van der Waals surface area contributed by atoms with E-state index in [1.807, 2.05) is 36.7 Å². The van der Waals surface area contributed by atoms with Crippen molar-refractivity contribution in [2.45, 2.75) is 39.9 Å². The Hall–Kier alpha value is -2.59. The molecule has 3 rings (SSSR count). The molecule has 3 heterocycles. The lowest BCUT2D eigenvalue weighted by Crippen LogP contribution is -2.24. The molecule has 0 aliphatic heterocycles. The van der Waals surface area contributed by atoms with Gasteiger partial charge in [0.1, 0.15) is 0 Å². The maximum absolute atomic E-state index is 4.85. The molecule has 0 radical (unpaired) electrons. The molecule has 0 aliphatic carbocycles. The molecule has 0 N–H and O–H groups in total. The predicted molar refractivity (Wildman–Crippen MR) is 104 cm³/mol. The molecular weight excluding hydrogens is 320 g/mol. The van der Waals surface area contributed by atoms with E-state index < -0.39 is 0 Å². The van der Waals surface area contributed by atoms with E-state index in [2.05, 4.69) is 59.0 Å². The van der Waals surface area contributed by atoms with Crippen LogP contribution in [0.2, 0.25) is 0 Å². The van der Waals surface area contributed by atoms with Gasteiger partial charge in [-0.2, -0.15) is 0 Å². The number of rotatable bonds is 8. The topological polar surface area (TPSA) is 41.9 Å². The molecule has 0 amide bonds. The molecule has 3 aromatic heterocycles. The largest absolute Gasteiger partial charge is 0.286 e. The summed E-state index contributed by atoms with van der Waals surface area (Å²) in [6.45, 7) is 6.77. The van der Waals surface area contributed by atoms with Gasteiger partial charge in [-0.25, -0.2) is 0 Å². The van der Waals surface area contributed by atoms with E-state index in [1.165, 1.54) is 0 Å². The van der Waals surface area contributed by atoms with Gasteiger partial charge in [0.05, 0.1) is 17.1 Å². The fourth-order valence-corrected chi connectivity index (χ4v) is 2.99. The smallest absolute Gasteiger partial charge is 0.0547 e. The predicted octanol–water partition coefficient (Wildman–Crippen LogP) is 4.27. The second kappa shape index (κ2) is 9.20. The minimum absolute atomic E-state index is 0.607. The van der Waals surface area contributed by atoms with Crippen LogP contribution in [0.25, 0.3) is 0 Å². The fourth-order valence-electron chi connectivity index (χ4n) is 2.99. The first-order valence-electron chi connectivity index (χ1n) is 9.16. The number of pyridine rings is 3. The minimum atomic E-state index is 0.607. The number of hydrogen-bond donors (Lipinski definition) is 0. The molecule has 0 aromatic carbocycles. The third-order valence-electron chi connectivity index (χ3n) is 4.09. The zero-order valence-corrected chi connectivity index (χ0v) is 15.5. The van der Waals surface area contributed by atoms with Crippen LogP contribution in [0.5, 0.6) is 0 Å². The number of nitrogens with zero attached hydrogens (tertiary/aromatic N) is 4. The van der Waals surface area contributed by atoms with Crippen molar-refractivity contribution < 1.29 is 0 Å². The summed E-state index contributed by atoms with van der Waals surface area (Å²) in [5.74, 6) is 0.607. The standard InChI is InChI=1S/C22H26N4/c1-18(2)14-19-10-7-11-22(25-19)17-26(15-20-8-3-5-12-23-20)16-21-9-4-6-13-24-21/h3-13,18H,14-17H2,1-2H3. The van der Waals surface area contributed by atoms with Crippen LogP contribution in [-0.2, 0) is 26.1 Å². The summed E-state index contributed by atoms with van der Waals surface area (Å²) >= 11 is 0. The fraction of sp³-hybridized carbons (Fsp3) is 0.318. The van der Waals surface area contributed by atoms with Crippen LogP contribution >= 0.6 is 0 Å². The van der Waals surface area contributed by atoms with Gasteiger partial charge in [0, 0.05) is 37.7 Å². The lowest BCUT2D eigenvalue weighted by Gasteiger charge is -2.21. The van der Waals surface area contributed by atoms with E-state index in [-0.39, 0.29) is 0 Å². The second-order valence-corrected chi connectivity index (χ2v) is 7.01. The van der Waals surface area contributed by atoms with Crippen LogP contribution in [-0.4, -0.2) is 19.9 Å². The molecule has 0 unspecified atom stereocenters. The van der Waals surface area contributed by atoms with E-state index in [0.29, 0.717) is 5.92 Å². The highest BCUT2D eigenvalue weighted by Gasteiger charge is 2.11. The van der Waals surface area contributed by atoms with Crippen LogP contribution in [0.3, 0.4) is 0 Å². The molecule has 4 heteroatoms. The molecule has 0 spiro atoms. The van der Waals surface area contributed by atoms with Gasteiger partial charge >= 0.3 is 0 Å². The molecule has 0 bridgehead atoms. The maximum Gasteiger partial charge on any atom is 0.0547 e. The molecule has 3 aromatic rings. The van der Waals surface area contributed by atoms with Gasteiger partial charge in [-0.15, -0.1) is 0 Å². The molecule has 0 atom stereocenters. The summed E-state index contributed by atoms with van der Waals surface area (Å²) in [6.07, 6.45) is 4.69. The van der Waals surface area contributed by atoms with E-state index >= 15 is 0 Å². The van der Waals surface area contributed by atoms with Gasteiger partial charge in [0.15, 0.2) is 0 Å². The van der Waals surface area contributed by atoms with Crippen LogP contribution < -0.4 is 0 Å². The Bertz CT molecular complexity index is 746. The Morgan fingerprint density at radius 3 is 1.77 bits per heavy atom. The molecule has 26 heavy (non-hydrogen) atoms. The zero-order chi connectivity index (χ0) is 18.2. The summed E-state index contributed by atoms with van der Waals surface area (Å²) in [5, 5.41) is 0. The normalized spacial score (nSPS) is 11.2. The lowest BCUT2D eigenvalue weighted by atomic mass is 10.1. The Labute approximate surface area is 156 Å². The summed E-state index contributed by atoms with van der Waals surface area (Å²) in [6, 6.07) is 18.4. The number of aromatic nitrogens is 3. The van der Waals surface area contributed by atoms with Gasteiger partial charge in [0.25, 0.3) is 0 Å². The van der Waals surface area contributed by atoms with E-state index in [4.69, 9.17) is 4.98 Å². The van der Waals surface area contributed by atoms with E-state index in [0.717, 1.165) is 48.8 Å². The first-order chi connectivity index (χ1) is 12.7. The van der Waals surface area contributed by atoms with Crippen LogP contribution in [0, 0.1) is 5.92 Å². The summed E-state index contributed by atoms with van der Waals surface area (Å²) in [7, 11) is 0. The quantitative estimate of drug-likeness (QED) is 0.611. The van der Waals surface area contributed by atoms with Crippen LogP contribution in [0.1, 0.15) is 36.6 Å². The Balaban J connectivity index is 1.76. The number of hydrogen-bond acceptors (Lipinski definition) is 4. The Morgan fingerprint density at radius 1 is 0.692 bits per heavy atom. The zero-order valence-electron chi connectivity index (χ0n) is 15.5. The van der Waals surface area contributed by atoms with Crippen molar-refractivity contribution in [2.75, 3.05) is 0 Å². The van der Waals surface area contributed by atoms with Crippen molar-refractivity contribution in [3.05, 3.63) is 89.8 Å². The molecule has 0 fully saturated rings. The summed E-state index contributed by atoms with van der Waals surface area (Å²) in [5.41, 5.74) is 4.37. The molecule has 0 saturated carbocycles. The van der Waals surface area contributed by atoms with Crippen molar-refractivity contribution in [1.29, 1.82) is 0 Å². The van der Waals surface area contributed by atoms with Gasteiger partial charge in [-0.1, -0.05) is 32.0 Å². The third kappa shape index (κ3) is 5.74. The van der Waals surface area contributed by atoms with Gasteiger partial charge in [-0.3, -0.25) is 19.9 Å². The first kappa shape index (κ1) is 18.2. The average Bonchev–Trinajstić information content (AvgIpc) is 2.63. The molecule has 0 saturated heterocycles. The van der Waals surface area contributed by atoms with Gasteiger partial charge in [-0.05, 0) is 48.7 Å². The monoisotopic (exact) mass is 346 g/mol. The van der Waals surface area contributed by atoms with E-state index in [9.17, 15) is 0 Å². The SMILES string of the molecule is CC(C)Cc1cccc(CN(Cc2ccccn2)Cc2ccccn2)n1. The first-order valence-corrected chi connectivity index (χ1v) is 9.16. The highest BCUT2D eigenvalue weighted by Crippen LogP contribution is 2.13. The van der Waals surface area contributed by atoms with Crippen LogP contribution in [0.4, 0.5) is 0 Å². The molecule has 4 nitrogen and oxygen atoms in total. The van der Waals surface area contributed by atoms with Crippen molar-refractivity contribution in [3.8, 4) is 0 Å². The summed E-state index contributed by atoms with van der Waals surface area (Å²) < 4.78 is 0. The Kier molecular flexibility index (Phi) is 6.45. The van der Waals surface area contributed by atoms with Gasteiger partial charge in [0.2, 0.25) is 0 Å². The second-order valence-electron chi connectivity index (χ2n) is 7.01. The van der Waals surface area contributed by atoms with Crippen molar-refractivity contribution in [2.24, 2.45) is 5.92 Å². The summed E-state index contributed by atoms with van der Waals surface area (Å²) in [4.78, 5) is 16.1. The molecule has 134 valence electrons. The highest BCUT2D eigenvalue weighted by atomic mass is 15.1. The maximum atomic E-state index is 4.85. The van der Waals surface area contributed by atoms with Crippen LogP contribution in [0.15, 0.2) is 67.0 Å². The Morgan fingerprint density at radius 2 is 1.23 bits per heavy atom. The average molecular weight is 346 g/mol. The molecular formula is C22H26N4. The third-order valence-corrected chi connectivity index (χ3v) is 4.09. The van der Waals surface area contributed by atoms with Crippen molar-refractivity contribution in [1.82, 2.24) is 19.9 Å². The lowest BCUT2D eigenvalue weighted by molar-refractivity contribution is 0.238. The highest BCUT2D eigenvalue weighted by molar-refractivity contribution is 5.13. The minimum Gasteiger partial charge on any atom is -0.286 e. The van der Waals surface area contributed by atoms with E-state index in [1.54, 1.807) is 0 Å². The van der Waals surface area contributed by atoms with Gasteiger partial charge < -0.3 is 0 Å². The van der Waals surface area contributed by atoms with Crippen molar-refractivity contribution in [3.63, 3.8) is 0 Å². The molecule has 0 aliphatic rings. The van der Waals surface area contributed by atoms with Crippen molar-refractivity contribution >= 4 is 0 Å².